The highest BCUT2D eigenvalue weighted by Crippen LogP contribution is 2.21. The Hall–Kier alpha value is -1.39. The fourth-order valence-electron chi connectivity index (χ4n) is 1.94. The lowest BCUT2D eigenvalue weighted by Gasteiger charge is -2.16. The Morgan fingerprint density at radius 2 is 1.58 bits per heavy atom. The van der Waals surface area contributed by atoms with E-state index in [1.807, 2.05) is 6.92 Å². The molecule has 0 amide bonds. The van der Waals surface area contributed by atoms with Gasteiger partial charge in [-0.25, -0.2) is 0 Å². The number of methoxy groups -OCH3 is 1. The predicted molar refractivity (Wildman–Crippen MR) is 95.6 cm³/mol. The Kier molecular flexibility index (Phi) is 13.4. The molecule has 24 heavy (non-hydrogen) atoms. The molecule has 0 fully saturated rings. The Labute approximate surface area is 147 Å². The number of Topliss-reactive ketones (excluding diaryl/α,β-unsaturated/α-hetero) is 1. The van der Waals surface area contributed by atoms with E-state index in [0.717, 1.165) is 12.8 Å². The number of ketones is 1. The molecule has 2 unspecified atom stereocenters. The van der Waals surface area contributed by atoms with E-state index < -0.39 is 0 Å². The van der Waals surface area contributed by atoms with Gasteiger partial charge < -0.3 is 9.47 Å². The maximum Gasteiger partial charge on any atom is 0.308 e. The summed E-state index contributed by atoms with van der Waals surface area (Å²) < 4.78 is 9.36. The zero-order valence-corrected chi connectivity index (χ0v) is 16.7. The van der Waals surface area contributed by atoms with E-state index >= 15 is 0 Å². The second kappa shape index (κ2) is 13.0. The Bertz CT molecular complexity index is 382. The van der Waals surface area contributed by atoms with E-state index in [2.05, 4.69) is 25.5 Å². The summed E-state index contributed by atoms with van der Waals surface area (Å²) in [4.78, 5) is 32.8. The van der Waals surface area contributed by atoms with Gasteiger partial charge in [0.25, 0.3) is 0 Å². The summed E-state index contributed by atoms with van der Waals surface area (Å²) in [6.07, 6.45) is 3.13. The minimum atomic E-state index is -0.212. The van der Waals surface area contributed by atoms with Gasteiger partial charge in [0.2, 0.25) is 0 Å². The molecule has 2 atom stereocenters. The molecule has 0 saturated heterocycles. The number of rotatable bonds is 8. The summed E-state index contributed by atoms with van der Waals surface area (Å²) in [5, 5.41) is 0. The molecule has 0 radical (unpaired) electrons. The predicted octanol–water partition coefficient (Wildman–Crippen LogP) is 4.18. The van der Waals surface area contributed by atoms with Crippen molar-refractivity contribution in [1.82, 2.24) is 0 Å². The minimum Gasteiger partial charge on any atom is -0.469 e. The first-order valence-electron chi connectivity index (χ1n) is 8.68. The summed E-state index contributed by atoms with van der Waals surface area (Å²) in [6.45, 7) is 13.9. The van der Waals surface area contributed by atoms with Crippen LogP contribution in [0, 0.1) is 17.3 Å². The first-order chi connectivity index (χ1) is 10.9. The molecule has 0 aromatic carbocycles. The summed E-state index contributed by atoms with van der Waals surface area (Å²) in [7, 11) is 1.43. The molecule has 0 bridgehead atoms. The van der Waals surface area contributed by atoms with E-state index in [1.165, 1.54) is 7.11 Å². The Balaban J connectivity index is 0. The van der Waals surface area contributed by atoms with E-state index in [1.54, 1.807) is 20.8 Å². The van der Waals surface area contributed by atoms with Crippen LogP contribution in [0.5, 0.6) is 0 Å². The zero-order chi connectivity index (χ0) is 19.3. The third-order valence-corrected chi connectivity index (χ3v) is 3.63. The molecule has 0 rings (SSSR count). The van der Waals surface area contributed by atoms with E-state index in [4.69, 9.17) is 4.74 Å². The number of carbonyl (C=O) groups excluding carboxylic acids is 3. The lowest BCUT2D eigenvalue weighted by atomic mass is 9.90. The fourth-order valence-corrected chi connectivity index (χ4v) is 1.94. The summed E-state index contributed by atoms with van der Waals surface area (Å²) in [5.41, 5.74) is 0.327. The fraction of sp³-hybridized carbons (Fsp3) is 0.842. The van der Waals surface area contributed by atoms with Crippen LogP contribution in [-0.4, -0.2) is 31.4 Å². The van der Waals surface area contributed by atoms with Gasteiger partial charge in [0, 0.05) is 12.3 Å². The average molecular weight is 344 g/mol. The number of hydrogen-bond acceptors (Lipinski definition) is 5. The van der Waals surface area contributed by atoms with Gasteiger partial charge >= 0.3 is 11.9 Å². The monoisotopic (exact) mass is 344 g/mol. The van der Waals surface area contributed by atoms with Crippen LogP contribution in [0.2, 0.25) is 0 Å². The van der Waals surface area contributed by atoms with Gasteiger partial charge in [0.15, 0.2) is 0 Å². The molecule has 0 aliphatic carbocycles. The van der Waals surface area contributed by atoms with E-state index in [0.29, 0.717) is 24.9 Å². The molecular weight excluding hydrogens is 308 g/mol. The first kappa shape index (κ1) is 24.9. The van der Waals surface area contributed by atoms with Crippen LogP contribution in [-0.2, 0) is 23.9 Å². The second-order valence-electron chi connectivity index (χ2n) is 7.39. The standard InChI is InChI=1S/C10H18O3.C9H18O2/c1-5-13-10(12)8(3)6-7(2)9(4)11;1-9(2,3)7-5-6-8(10)11-4/h7-8H,5-6H2,1-4H3;5-7H2,1-4H3. The molecule has 0 aromatic rings. The van der Waals surface area contributed by atoms with Gasteiger partial charge in [-0.3, -0.25) is 14.4 Å². The summed E-state index contributed by atoms with van der Waals surface area (Å²) in [5.74, 6) is -0.431. The quantitative estimate of drug-likeness (QED) is 0.618. The van der Waals surface area contributed by atoms with Crippen molar-refractivity contribution in [2.75, 3.05) is 13.7 Å². The van der Waals surface area contributed by atoms with Crippen molar-refractivity contribution in [3.8, 4) is 0 Å². The Morgan fingerprint density at radius 3 is 1.96 bits per heavy atom. The first-order valence-corrected chi connectivity index (χ1v) is 8.68. The van der Waals surface area contributed by atoms with Crippen molar-refractivity contribution in [3.05, 3.63) is 0 Å². The van der Waals surface area contributed by atoms with Crippen molar-refractivity contribution in [2.45, 2.75) is 74.1 Å². The zero-order valence-electron chi connectivity index (χ0n) is 16.7. The largest absolute Gasteiger partial charge is 0.469 e. The molecule has 0 spiro atoms. The van der Waals surface area contributed by atoms with Crippen molar-refractivity contribution in [2.24, 2.45) is 17.3 Å². The molecule has 5 heteroatoms. The lowest BCUT2D eigenvalue weighted by Crippen LogP contribution is -2.19. The van der Waals surface area contributed by atoms with Gasteiger partial charge in [-0.05, 0) is 38.5 Å². The van der Waals surface area contributed by atoms with Gasteiger partial charge in [-0.2, -0.15) is 0 Å². The van der Waals surface area contributed by atoms with Crippen LogP contribution in [0.3, 0.4) is 0 Å². The van der Waals surface area contributed by atoms with Crippen LogP contribution < -0.4 is 0 Å². The minimum absolute atomic E-state index is 0.0561. The summed E-state index contributed by atoms with van der Waals surface area (Å²) in [6, 6.07) is 0. The van der Waals surface area contributed by atoms with Gasteiger partial charge in [0.1, 0.15) is 5.78 Å². The average Bonchev–Trinajstić information content (AvgIpc) is 2.46. The van der Waals surface area contributed by atoms with Crippen LogP contribution in [0.4, 0.5) is 0 Å². The highest BCUT2D eigenvalue weighted by atomic mass is 16.5. The third-order valence-electron chi connectivity index (χ3n) is 3.63. The Morgan fingerprint density at radius 1 is 1.04 bits per heavy atom. The molecule has 0 saturated carbocycles. The van der Waals surface area contributed by atoms with Gasteiger partial charge in [0.05, 0.1) is 19.6 Å². The molecule has 142 valence electrons. The SMILES string of the molecule is CCOC(=O)C(C)CC(C)C(C)=O.COC(=O)CCCC(C)(C)C. The molecule has 0 aliphatic rings. The van der Waals surface area contributed by atoms with Crippen molar-refractivity contribution in [3.63, 3.8) is 0 Å². The van der Waals surface area contributed by atoms with Crippen LogP contribution in [0.15, 0.2) is 0 Å². The smallest absolute Gasteiger partial charge is 0.308 e. The van der Waals surface area contributed by atoms with Crippen LogP contribution >= 0.6 is 0 Å². The van der Waals surface area contributed by atoms with Gasteiger partial charge in [-0.15, -0.1) is 0 Å². The molecule has 0 N–H and O–H groups in total. The molecule has 5 nitrogen and oxygen atoms in total. The van der Waals surface area contributed by atoms with E-state index in [9.17, 15) is 14.4 Å². The van der Waals surface area contributed by atoms with Crippen LogP contribution in [0.25, 0.3) is 0 Å². The number of carbonyl (C=O) groups is 3. The maximum atomic E-state index is 11.2. The van der Waals surface area contributed by atoms with Gasteiger partial charge in [-0.1, -0.05) is 34.6 Å². The molecule has 0 heterocycles. The van der Waals surface area contributed by atoms with Crippen LogP contribution in [0.1, 0.15) is 74.1 Å². The van der Waals surface area contributed by atoms with Crippen molar-refractivity contribution in [1.29, 1.82) is 0 Å². The summed E-state index contributed by atoms with van der Waals surface area (Å²) >= 11 is 0. The number of esters is 2. The molecular formula is C19H36O5. The van der Waals surface area contributed by atoms with E-state index in [-0.39, 0.29) is 29.6 Å². The molecule has 0 aromatic heterocycles. The third kappa shape index (κ3) is 15.5. The maximum absolute atomic E-state index is 11.2. The van der Waals surface area contributed by atoms with Crippen molar-refractivity contribution < 1.29 is 23.9 Å². The highest BCUT2D eigenvalue weighted by Gasteiger charge is 2.19. The molecule has 0 aliphatic heterocycles. The topological polar surface area (TPSA) is 69.7 Å². The normalized spacial score (nSPS) is 13.2. The second-order valence-corrected chi connectivity index (χ2v) is 7.39. The number of hydrogen-bond donors (Lipinski definition) is 0. The highest BCUT2D eigenvalue weighted by molar-refractivity contribution is 5.79. The lowest BCUT2D eigenvalue weighted by molar-refractivity contribution is -0.148. The number of ether oxygens (including phenoxy) is 2. The van der Waals surface area contributed by atoms with Crippen molar-refractivity contribution >= 4 is 17.7 Å².